The summed E-state index contributed by atoms with van der Waals surface area (Å²) < 4.78 is 0. The highest BCUT2D eigenvalue weighted by Gasteiger charge is 2.42. The smallest absolute Gasteiger partial charge is 0.224 e. The van der Waals surface area contributed by atoms with E-state index in [-0.39, 0.29) is 0 Å². The molecule has 0 unspecified atom stereocenters. The summed E-state index contributed by atoms with van der Waals surface area (Å²) in [5.41, 5.74) is 2.83. The van der Waals surface area contributed by atoms with Crippen LogP contribution in [0.15, 0.2) is 24.3 Å². The van der Waals surface area contributed by atoms with E-state index in [2.05, 4.69) is 39.4 Å². The molecule has 4 nitrogen and oxygen atoms in total. The normalized spacial score (nSPS) is 27.9. The lowest BCUT2D eigenvalue weighted by Crippen LogP contribution is -2.42. The highest BCUT2D eigenvalue weighted by atomic mass is 16.2. The van der Waals surface area contributed by atoms with Crippen molar-refractivity contribution in [2.75, 3.05) is 31.1 Å². The highest BCUT2D eigenvalue weighted by molar-refractivity contribution is 5.80. The summed E-state index contributed by atoms with van der Waals surface area (Å²) in [5, 5.41) is 3.46. The zero-order chi connectivity index (χ0) is 14.2. The Balaban J connectivity index is 1.44. The lowest BCUT2D eigenvalue weighted by atomic mass is 10.0. The van der Waals surface area contributed by atoms with Crippen LogP contribution in [0.25, 0.3) is 0 Å². The summed E-state index contributed by atoms with van der Waals surface area (Å²) in [6.07, 6.45) is 4.22. The van der Waals surface area contributed by atoms with Gasteiger partial charge in [0.05, 0.1) is 0 Å². The largest absolute Gasteiger partial charge is 0.370 e. The summed E-state index contributed by atoms with van der Waals surface area (Å²) in [4.78, 5) is 16.8. The molecular formula is C17H23N3O. The third-order valence-electron chi connectivity index (χ3n) is 5.24. The van der Waals surface area contributed by atoms with E-state index >= 15 is 0 Å². The van der Waals surface area contributed by atoms with Gasteiger partial charge in [-0.15, -0.1) is 0 Å². The SMILES string of the molecule is O=C1C[C@H]2NCC[C@H]2N1CCN1CCCc2ccccc21. The Labute approximate surface area is 126 Å². The number of benzene rings is 1. The molecule has 2 atom stereocenters. The maximum absolute atomic E-state index is 12.2. The summed E-state index contributed by atoms with van der Waals surface area (Å²) >= 11 is 0. The molecule has 0 aliphatic carbocycles. The first kappa shape index (κ1) is 13.1. The predicted octanol–water partition coefficient (Wildman–Crippen LogP) is 1.40. The van der Waals surface area contributed by atoms with E-state index in [9.17, 15) is 4.79 Å². The number of amides is 1. The number of nitrogens with one attached hydrogen (secondary N) is 1. The van der Waals surface area contributed by atoms with E-state index in [1.807, 2.05) is 0 Å². The average Bonchev–Trinajstić information content (AvgIpc) is 3.06. The predicted molar refractivity (Wildman–Crippen MR) is 83.5 cm³/mol. The standard InChI is InChI=1S/C17H23N3O/c21-17-12-14-16(7-8-18-14)20(17)11-10-19-9-3-5-13-4-1-2-6-15(13)19/h1-2,4,6,14,16,18H,3,5,7-12H2/t14-,16-/m1/s1. The Morgan fingerprint density at radius 3 is 3.10 bits per heavy atom. The first-order chi connectivity index (χ1) is 10.3. The second-order valence-electron chi connectivity index (χ2n) is 6.43. The van der Waals surface area contributed by atoms with Crippen LogP contribution in [0.1, 0.15) is 24.8 Å². The number of fused-ring (bicyclic) bond motifs is 2. The Bertz CT molecular complexity index is 545. The zero-order valence-corrected chi connectivity index (χ0v) is 12.4. The van der Waals surface area contributed by atoms with Crippen molar-refractivity contribution in [2.45, 2.75) is 37.8 Å². The second-order valence-corrected chi connectivity index (χ2v) is 6.43. The number of rotatable bonds is 3. The molecule has 2 fully saturated rings. The van der Waals surface area contributed by atoms with Gasteiger partial charge in [-0.2, -0.15) is 0 Å². The van der Waals surface area contributed by atoms with Crippen LogP contribution in [-0.2, 0) is 11.2 Å². The number of hydrogen-bond acceptors (Lipinski definition) is 3. The molecule has 0 bridgehead atoms. The minimum Gasteiger partial charge on any atom is -0.370 e. The van der Waals surface area contributed by atoms with Gasteiger partial charge in [-0.25, -0.2) is 0 Å². The topological polar surface area (TPSA) is 35.6 Å². The van der Waals surface area contributed by atoms with Crippen LogP contribution in [0.3, 0.4) is 0 Å². The number of hydrogen-bond donors (Lipinski definition) is 1. The molecule has 2 saturated heterocycles. The molecule has 0 radical (unpaired) electrons. The Morgan fingerprint density at radius 2 is 2.14 bits per heavy atom. The molecule has 3 heterocycles. The van der Waals surface area contributed by atoms with Crippen LogP contribution in [0.4, 0.5) is 5.69 Å². The van der Waals surface area contributed by atoms with E-state index in [1.54, 1.807) is 0 Å². The van der Waals surface area contributed by atoms with Crippen LogP contribution in [-0.4, -0.2) is 49.1 Å². The van der Waals surface area contributed by atoms with Crippen LogP contribution >= 0.6 is 0 Å². The van der Waals surface area contributed by atoms with Crippen molar-refractivity contribution >= 4 is 11.6 Å². The van der Waals surface area contributed by atoms with Gasteiger partial charge >= 0.3 is 0 Å². The lowest BCUT2D eigenvalue weighted by Gasteiger charge is -2.33. The maximum Gasteiger partial charge on any atom is 0.224 e. The van der Waals surface area contributed by atoms with Gasteiger partial charge in [0.1, 0.15) is 0 Å². The fourth-order valence-corrected chi connectivity index (χ4v) is 4.19. The molecule has 0 saturated carbocycles. The van der Waals surface area contributed by atoms with E-state index in [0.29, 0.717) is 24.4 Å². The summed E-state index contributed by atoms with van der Waals surface area (Å²) in [5.74, 6) is 0.336. The Hall–Kier alpha value is -1.55. The van der Waals surface area contributed by atoms with Gasteiger partial charge in [0.15, 0.2) is 0 Å². The Morgan fingerprint density at radius 1 is 1.24 bits per heavy atom. The minimum atomic E-state index is 0.336. The third-order valence-corrected chi connectivity index (χ3v) is 5.24. The molecular weight excluding hydrogens is 262 g/mol. The number of carbonyl (C=O) groups is 1. The van der Waals surface area contributed by atoms with Crippen molar-refractivity contribution in [3.05, 3.63) is 29.8 Å². The molecule has 3 aliphatic heterocycles. The van der Waals surface area contributed by atoms with Crippen LogP contribution in [0, 0.1) is 0 Å². The van der Waals surface area contributed by atoms with E-state index < -0.39 is 0 Å². The van der Waals surface area contributed by atoms with E-state index in [0.717, 1.165) is 32.6 Å². The van der Waals surface area contributed by atoms with Crippen molar-refractivity contribution in [3.8, 4) is 0 Å². The molecule has 0 spiro atoms. The third kappa shape index (κ3) is 2.31. The maximum atomic E-state index is 12.2. The van der Waals surface area contributed by atoms with Crippen LogP contribution < -0.4 is 10.2 Å². The number of anilines is 1. The number of para-hydroxylation sites is 1. The van der Waals surface area contributed by atoms with Crippen molar-refractivity contribution in [1.82, 2.24) is 10.2 Å². The zero-order valence-electron chi connectivity index (χ0n) is 12.4. The highest BCUT2D eigenvalue weighted by Crippen LogP contribution is 2.28. The number of aryl methyl sites for hydroxylation is 1. The Kier molecular flexibility index (Phi) is 3.34. The van der Waals surface area contributed by atoms with Gasteiger partial charge in [0.2, 0.25) is 5.91 Å². The molecule has 4 heteroatoms. The molecule has 0 aromatic heterocycles. The van der Waals surface area contributed by atoms with Crippen molar-refractivity contribution in [1.29, 1.82) is 0 Å². The molecule has 4 rings (SSSR count). The summed E-state index contributed by atoms with van der Waals surface area (Å²) in [6, 6.07) is 9.55. The van der Waals surface area contributed by atoms with Gasteiger partial charge in [0, 0.05) is 43.8 Å². The van der Waals surface area contributed by atoms with Gasteiger partial charge in [-0.1, -0.05) is 18.2 Å². The number of carbonyl (C=O) groups excluding carboxylic acids is 1. The molecule has 1 aromatic carbocycles. The minimum absolute atomic E-state index is 0.336. The van der Waals surface area contributed by atoms with E-state index in [4.69, 9.17) is 0 Å². The molecule has 1 aromatic rings. The lowest BCUT2D eigenvalue weighted by molar-refractivity contribution is -0.128. The fourth-order valence-electron chi connectivity index (χ4n) is 4.19. The first-order valence-electron chi connectivity index (χ1n) is 8.18. The van der Waals surface area contributed by atoms with Crippen LogP contribution in [0.2, 0.25) is 0 Å². The molecule has 21 heavy (non-hydrogen) atoms. The van der Waals surface area contributed by atoms with Crippen molar-refractivity contribution in [3.63, 3.8) is 0 Å². The van der Waals surface area contributed by atoms with E-state index in [1.165, 1.54) is 24.1 Å². The van der Waals surface area contributed by atoms with Gasteiger partial charge in [0.25, 0.3) is 0 Å². The summed E-state index contributed by atoms with van der Waals surface area (Å²) in [7, 11) is 0. The quantitative estimate of drug-likeness (QED) is 0.912. The van der Waals surface area contributed by atoms with Crippen molar-refractivity contribution < 1.29 is 4.79 Å². The van der Waals surface area contributed by atoms with Crippen LogP contribution in [0.5, 0.6) is 0 Å². The average molecular weight is 285 g/mol. The van der Waals surface area contributed by atoms with Gasteiger partial charge in [-0.3, -0.25) is 4.79 Å². The number of nitrogens with zero attached hydrogens (tertiary/aromatic N) is 2. The van der Waals surface area contributed by atoms with Gasteiger partial charge < -0.3 is 15.1 Å². The second kappa shape index (κ2) is 5.34. The monoisotopic (exact) mass is 285 g/mol. The molecule has 1 amide bonds. The molecule has 1 N–H and O–H groups in total. The first-order valence-corrected chi connectivity index (χ1v) is 8.18. The molecule has 112 valence electrons. The molecule has 3 aliphatic rings. The number of likely N-dealkylation sites (tertiary alicyclic amines) is 1. The van der Waals surface area contributed by atoms with Gasteiger partial charge in [-0.05, 0) is 37.4 Å². The fraction of sp³-hybridized carbons (Fsp3) is 0.588. The summed E-state index contributed by atoms with van der Waals surface area (Å²) in [6.45, 7) is 4.01. The van der Waals surface area contributed by atoms with Crippen molar-refractivity contribution in [2.24, 2.45) is 0 Å².